The van der Waals surface area contributed by atoms with Crippen LogP contribution in [-0.2, 0) is 9.59 Å². The van der Waals surface area contributed by atoms with E-state index in [0.717, 1.165) is 5.56 Å². The van der Waals surface area contributed by atoms with E-state index in [1.54, 1.807) is 25.1 Å². The molecule has 0 radical (unpaired) electrons. The minimum Gasteiger partial charge on any atom is -0.481 e. The molecule has 0 aromatic heterocycles. The third kappa shape index (κ3) is 3.97. The second-order valence-corrected chi connectivity index (χ2v) is 4.04. The summed E-state index contributed by atoms with van der Waals surface area (Å²) in [6.07, 6.45) is -0.174. The van der Waals surface area contributed by atoms with E-state index in [1.807, 2.05) is 0 Å². The van der Waals surface area contributed by atoms with Gasteiger partial charge in [-0.3, -0.25) is 4.79 Å². The van der Waals surface area contributed by atoms with Gasteiger partial charge in [-0.1, -0.05) is 0 Å². The van der Waals surface area contributed by atoms with Gasteiger partial charge in [-0.05, 0) is 37.1 Å². The molecule has 0 heterocycles. The number of carboxylic acids is 2. The zero-order valence-corrected chi connectivity index (χ0v) is 10.0. The van der Waals surface area contributed by atoms with Crippen LogP contribution >= 0.6 is 0 Å². The topological polar surface area (TPSA) is 113 Å². The summed E-state index contributed by atoms with van der Waals surface area (Å²) in [6.45, 7) is 1.80. The molecule has 1 unspecified atom stereocenters. The Kier molecular flexibility index (Phi) is 4.53. The van der Waals surface area contributed by atoms with Crippen molar-refractivity contribution in [1.82, 2.24) is 0 Å². The number of nitrogens with two attached hydrogens (primary N) is 1. The van der Waals surface area contributed by atoms with Gasteiger partial charge in [0.15, 0.2) is 0 Å². The number of rotatable bonds is 6. The molecule has 0 saturated carbocycles. The van der Waals surface area contributed by atoms with Crippen molar-refractivity contribution in [2.45, 2.75) is 25.8 Å². The molecule has 0 saturated heterocycles. The molecule has 1 rings (SSSR count). The molecule has 1 atom stereocenters. The first kappa shape index (κ1) is 13.8. The molecule has 0 aliphatic heterocycles. The van der Waals surface area contributed by atoms with Gasteiger partial charge in [0.05, 0.1) is 0 Å². The molecule has 18 heavy (non-hydrogen) atoms. The summed E-state index contributed by atoms with van der Waals surface area (Å²) < 4.78 is 0. The lowest BCUT2D eigenvalue weighted by molar-refractivity contribution is -0.139. The van der Waals surface area contributed by atoms with E-state index < -0.39 is 18.0 Å². The number of hydrogen-bond acceptors (Lipinski definition) is 4. The van der Waals surface area contributed by atoms with Crippen LogP contribution in [-0.4, -0.2) is 28.2 Å². The third-order valence-corrected chi connectivity index (χ3v) is 2.53. The third-order valence-electron chi connectivity index (χ3n) is 2.53. The Bertz CT molecular complexity index is 459. The smallest absolute Gasteiger partial charge is 0.326 e. The van der Waals surface area contributed by atoms with E-state index in [1.165, 1.54) is 0 Å². The van der Waals surface area contributed by atoms with Crippen molar-refractivity contribution in [2.75, 3.05) is 11.1 Å². The van der Waals surface area contributed by atoms with Gasteiger partial charge in [-0.15, -0.1) is 0 Å². The van der Waals surface area contributed by atoms with Gasteiger partial charge >= 0.3 is 11.9 Å². The van der Waals surface area contributed by atoms with Gasteiger partial charge < -0.3 is 21.3 Å². The van der Waals surface area contributed by atoms with Crippen molar-refractivity contribution in [3.63, 3.8) is 0 Å². The normalized spacial score (nSPS) is 11.8. The van der Waals surface area contributed by atoms with Crippen molar-refractivity contribution in [3.8, 4) is 0 Å². The van der Waals surface area contributed by atoms with Crippen LogP contribution in [0.2, 0.25) is 0 Å². The molecule has 98 valence electrons. The highest BCUT2D eigenvalue weighted by atomic mass is 16.4. The largest absolute Gasteiger partial charge is 0.481 e. The van der Waals surface area contributed by atoms with Crippen LogP contribution in [0.4, 0.5) is 11.4 Å². The maximum absolute atomic E-state index is 11.0. The fraction of sp³-hybridized carbons (Fsp3) is 0.333. The van der Waals surface area contributed by atoms with Crippen LogP contribution in [0.1, 0.15) is 18.4 Å². The molecule has 0 spiro atoms. The molecule has 0 bridgehead atoms. The average molecular weight is 252 g/mol. The number of nitrogens with one attached hydrogen (secondary N) is 1. The van der Waals surface area contributed by atoms with E-state index in [4.69, 9.17) is 15.9 Å². The number of carboxylic acid groups (broad SMARTS) is 2. The number of anilines is 2. The van der Waals surface area contributed by atoms with Crippen molar-refractivity contribution in [2.24, 2.45) is 0 Å². The zero-order valence-electron chi connectivity index (χ0n) is 10.0. The van der Waals surface area contributed by atoms with E-state index in [-0.39, 0.29) is 12.8 Å². The Morgan fingerprint density at radius 2 is 2.06 bits per heavy atom. The predicted molar refractivity (Wildman–Crippen MR) is 67.5 cm³/mol. The van der Waals surface area contributed by atoms with Crippen molar-refractivity contribution >= 4 is 23.3 Å². The molecule has 1 aromatic carbocycles. The average Bonchev–Trinajstić information content (AvgIpc) is 2.26. The number of benzene rings is 1. The first-order valence-corrected chi connectivity index (χ1v) is 5.47. The van der Waals surface area contributed by atoms with Crippen molar-refractivity contribution in [1.29, 1.82) is 0 Å². The molecule has 0 aliphatic carbocycles. The summed E-state index contributed by atoms with van der Waals surface area (Å²) in [6, 6.07) is 4.13. The van der Waals surface area contributed by atoms with Crippen LogP contribution in [0.3, 0.4) is 0 Å². The molecule has 6 nitrogen and oxygen atoms in total. The Hall–Kier alpha value is -2.24. The molecule has 0 amide bonds. The Morgan fingerprint density at radius 3 is 2.56 bits per heavy atom. The second-order valence-electron chi connectivity index (χ2n) is 4.04. The number of aliphatic carboxylic acids is 2. The van der Waals surface area contributed by atoms with E-state index >= 15 is 0 Å². The van der Waals surface area contributed by atoms with Crippen molar-refractivity contribution < 1.29 is 19.8 Å². The summed E-state index contributed by atoms with van der Waals surface area (Å²) >= 11 is 0. The highest BCUT2D eigenvalue weighted by Gasteiger charge is 2.18. The summed E-state index contributed by atoms with van der Waals surface area (Å²) in [7, 11) is 0. The number of nitrogen functional groups attached to an aromatic ring is 1. The lowest BCUT2D eigenvalue weighted by Crippen LogP contribution is -2.30. The highest BCUT2D eigenvalue weighted by molar-refractivity contribution is 5.79. The van der Waals surface area contributed by atoms with Crippen LogP contribution in [0, 0.1) is 6.92 Å². The van der Waals surface area contributed by atoms with Gasteiger partial charge in [-0.25, -0.2) is 4.79 Å². The van der Waals surface area contributed by atoms with Gasteiger partial charge in [0.25, 0.3) is 0 Å². The molecular formula is C12H16N2O4. The first-order valence-electron chi connectivity index (χ1n) is 5.47. The molecule has 1 aromatic rings. The first-order chi connectivity index (χ1) is 8.40. The zero-order chi connectivity index (χ0) is 13.7. The lowest BCUT2D eigenvalue weighted by atomic mass is 10.1. The molecule has 6 heteroatoms. The summed E-state index contributed by atoms with van der Waals surface area (Å²) in [5, 5.41) is 20.4. The number of hydrogen-bond donors (Lipinski definition) is 4. The van der Waals surface area contributed by atoms with Gasteiger partial charge in [0, 0.05) is 17.8 Å². The van der Waals surface area contributed by atoms with Crippen LogP contribution in [0.5, 0.6) is 0 Å². The second kappa shape index (κ2) is 5.90. The Labute approximate surface area is 104 Å². The molecule has 0 aliphatic rings. The van der Waals surface area contributed by atoms with E-state index in [9.17, 15) is 9.59 Å². The Morgan fingerprint density at radius 1 is 1.39 bits per heavy atom. The van der Waals surface area contributed by atoms with Crippen LogP contribution in [0.25, 0.3) is 0 Å². The quantitative estimate of drug-likeness (QED) is 0.568. The summed E-state index contributed by atoms with van der Waals surface area (Å²) in [4.78, 5) is 21.5. The fourth-order valence-corrected chi connectivity index (χ4v) is 1.56. The summed E-state index contributed by atoms with van der Waals surface area (Å²) in [5.74, 6) is -2.09. The van der Waals surface area contributed by atoms with Gasteiger partial charge in [0.2, 0.25) is 0 Å². The molecule has 0 fully saturated rings. The van der Waals surface area contributed by atoms with E-state index in [2.05, 4.69) is 5.32 Å². The standard InChI is InChI=1S/C12H16N2O4/c1-7-6-8(13)2-3-9(7)14-10(12(17)18)4-5-11(15)16/h2-3,6,10,14H,4-5,13H2,1H3,(H,15,16)(H,17,18). The van der Waals surface area contributed by atoms with Crippen molar-refractivity contribution in [3.05, 3.63) is 23.8 Å². The number of carbonyl (C=O) groups is 2. The summed E-state index contributed by atoms with van der Waals surface area (Å²) in [5.41, 5.74) is 7.64. The van der Waals surface area contributed by atoms with Crippen LogP contribution in [0.15, 0.2) is 18.2 Å². The maximum atomic E-state index is 11.0. The highest BCUT2D eigenvalue weighted by Crippen LogP contribution is 2.19. The van der Waals surface area contributed by atoms with Crippen LogP contribution < -0.4 is 11.1 Å². The van der Waals surface area contributed by atoms with Gasteiger partial charge in [0.1, 0.15) is 6.04 Å². The predicted octanol–water partition coefficient (Wildman–Crippen LogP) is 1.31. The fourth-order valence-electron chi connectivity index (χ4n) is 1.56. The van der Waals surface area contributed by atoms with Gasteiger partial charge in [-0.2, -0.15) is 0 Å². The van der Waals surface area contributed by atoms with E-state index in [0.29, 0.717) is 11.4 Å². The lowest BCUT2D eigenvalue weighted by Gasteiger charge is -2.16. The maximum Gasteiger partial charge on any atom is 0.326 e. The minimum absolute atomic E-state index is 0.0223. The number of aryl methyl sites for hydroxylation is 1. The minimum atomic E-state index is -1.08. The monoisotopic (exact) mass is 252 g/mol. The molecule has 5 N–H and O–H groups in total. The Balaban J connectivity index is 2.76. The molecular weight excluding hydrogens is 236 g/mol. The SMILES string of the molecule is Cc1cc(N)ccc1NC(CCC(=O)O)C(=O)O.